The Kier molecular flexibility index (Phi) is 7.67. The minimum atomic E-state index is -0.282. The van der Waals surface area contributed by atoms with Crippen molar-refractivity contribution in [1.29, 1.82) is 0 Å². The zero-order chi connectivity index (χ0) is 18.8. The van der Waals surface area contributed by atoms with Gasteiger partial charge in [0.05, 0.1) is 0 Å². The van der Waals surface area contributed by atoms with Gasteiger partial charge in [0.1, 0.15) is 6.54 Å². The lowest BCUT2D eigenvalue weighted by molar-refractivity contribution is -0.122. The fraction of sp³-hybridized carbons (Fsp3) is 0.421. The van der Waals surface area contributed by atoms with Crippen molar-refractivity contribution in [3.63, 3.8) is 0 Å². The van der Waals surface area contributed by atoms with Gasteiger partial charge in [-0.05, 0) is 44.2 Å². The van der Waals surface area contributed by atoms with Crippen molar-refractivity contribution in [3.05, 3.63) is 42.0 Å². The van der Waals surface area contributed by atoms with E-state index >= 15 is 0 Å². The number of aromatic nitrogens is 4. The van der Waals surface area contributed by atoms with E-state index in [1.54, 1.807) is 6.21 Å². The number of nitrogens with one attached hydrogen (secondary N) is 1. The van der Waals surface area contributed by atoms with E-state index in [4.69, 9.17) is 0 Å². The second kappa shape index (κ2) is 10.2. The maximum absolute atomic E-state index is 11.9. The molecule has 0 radical (unpaired) electrons. The molecule has 1 heterocycles. The monoisotopic (exact) mass is 354 g/mol. The minimum absolute atomic E-state index is 0.0205. The Bertz CT molecular complexity index is 746. The van der Waals surface area contributed by atoms with Gasteiger partial charge in [-0.25, -0.2) is 5.43 Å². The number of tetrazole rings is 1. The van der Waals surface area contributed by atoms with Crippen molar-refractivity contribution in [2.45, 2.75) is 46.6 Å². The van der Waals surface area contributed by atoms with Gasteiger partial charge >= 0.3 is 0 Å². The van der Waals surface area contributed by atoms with Crippen molar-refractivity contribution in [2.75, 3.05) is 0 Å². The first-order chi connectivity index (χ1) is 12.5. The van der Waals surface area contributed by atoms with Gasteiger partial charge in [0, 0.05) is 11.8 Å². The van der Waals surface area contributed by atoms with Crippen LogP contribution in [0, 0.1) is 5.92 Å². The van der Waals surface area contributed by atoms with Crippen LogP contribution >= 0.6 is 0 Å². The topological polar surface area (TPSA) is 85.1 Å². The Hall–Kier alpha value is -2.83. The Balaban J connectivity index is 1.72. The minimum Gasteiger partial charge on any atom is -0.271 e. The van der Waals surface area contributed by atoms with Crippen molar-refractivity contribution in [2.24, 2.45) is 11.0 Å². The summed E-state index contributed by atoms with van der Waals surface area (Å²) in [5, 5.41) is 16.0. The second-order valence-corrected chi connectivity index (χ2v) is 6.56. The van der Waals surface area contributed by atoms with E-state index in [1.165, 1.54) is 10.4 Å². The summed E-state index contributed by atoms with van der Waals surface area (Å²) in [6.45, 7) is 6.37. The zero-order valence-electron chi connectivity index (χ0n) is 15.6. The first-order valence-electron chi connectivity index (χ1n) is 8.81. The first-order valence-corrected chi connectivity index (χ1v) is 8.81. The van der Waals surface area contributed by atoms with E-state index in [9.17, 15) is 4.79 Å². The molecule has 7 nitrogen and oxygen atoms in total. The number of hydrogen-bond acceptors (Lipinski definition) is 5. The molecule has 0 aliphatic rings. The van der Waals surface area contributed by atoms with E-state index in [2.05, 4.69) is 52.8 Å². The molecule has 26 heavy (non-hydrogen) atoms. The van der Waals surface area contributed by atoms with Gasteiger partial charge < -0.3 is 0 Å². The van der Waals surface area contributed by atoms with Crippen LogP contribution in [0.4, 0.5) is 0 Å². The molecule has 1 aromatic carbocycles. The van der Waals surface area contributed by atoms with Crippen LogP contribution in [-0.4, -0.2) is 32.3 Å². The Morgan fingerprint density at radius 1 is 1.31 bits per heavy atom. The summed E-state index contributed by atoms with van der Waals surface area (Å²) < 4.78 is 0. The zero-order valence-corrected chi connectivity index (χ0v) is 15.6. The molecule has 2 aromatic rings. The third-order valence-electron chi connectivity index (χ3n) is 3.77. The van der Waals surface area contributed by atoms with Gasteiger partial charge in [-0.1, -0.05) is 48.9 Å². The van der Waals surface area contributed by atoms with E-state index in [0.29, 0.717) is 11.7 Å². The van der Waals surface area contributed by atoms with Crippen LogP contribution in [0.5, 0.6) is 0 Å². The molecule has 1 atom stereocenters. The van der Waals surface area contributed by atoms with Crippen LogP contribution < -0.4 is 5.43 Å². The average molecular weight is 354 g/mol. The Morgan fingerprint density at radius 2 is 2.08 bits per heavy atom. The number of hydrazone groups is 1. The highest BCUT2D eigenvalue weighted by Crippen LogP contribution is 2.12. The molecule has 138 valence electrons. The number of carbonyl (C=O) groups excluding carboxylic acids is 1. The predicted molar refractivity (Wildman–Crippen MR) is 102 cm³/mol. The standard InChI is InChI=1S/C19H26N6O/c1-15(2)8-7-9-16(3)12-13-20-21-18(26)14-25-23-19(22-24-25)17-10-5-4-6-11-17/h4-6,8,10-11,13,16H,7,9,12,14H2,1-3H3,(H,21,26)/b20-13-/t16-/m1/s1. The molecule has 0 aliphatic carbocycles. The lowest BCUT2D eigenvalue weighted by atomic mass is 10.0. The van der Waals surface area contributed by atoms with E-state index in [1.807, 2.05) is 30.3 Å². The molecule has 0 bridgehead atoms. The van der Waals surface area contributed by atoms with Crippen LogP contribution in [0.15, 0.2) is 47.1 Å². The summed E-state index contributed by atoms with van der Waals surface area (Å²) in [4.78, 5) is 13.1. The molecule has 0 unspecified atom stereocenters. The van der Waals surface area contributed by atoms with Gasteiger partial charge in [0.25, 0.3) is 5.91 Å². The lowest BCUT2D eigenvalue weighted by Crippen LogP contribution is -2.24. The fourth-order valence-electron chi connectivity index (χ4n) is 2.30. The third-order valence-corrected chi connectivity index (χ3v) is 3.77. The molecule has 2 rings (SSSR count). The van der Waals surface area contributed by atoms with Gasteiger partial charge in [0.2, 0.25) is 5.82 Å². The summed E-state index contributed by atoms with van der Waals surface area (Å²) in [6.07, 6.45) is 7.00. The fourth-order valence-corrected chi connectivity index (χ4v) is 2.30. The van der Waals surface area contributed by atoms with Gasteiger partial charge in [0.15, 0.2) is 0 Å². The average Bonchev–Trinajstić information content (AvgIpc) is 3.07. The van der Waals surface area contributed by atoms with Crippen molar-refractivity contribution >= 4 is 12.1 Å². The molecule has 0 fully saturated rings. The molecular weight excluding hydrogens is 328 g/mol. The number of hydrogen-bond donors (Lipinski definition) is 1. The van der Waals surface area contributed by atoms with Crippen LogP contribution in [0.25, 0.3) is 11.4 Å². The van der Waals surface area contributed by atoms with Crippen LogP contribution in [0.2, 0.25) is 0 Å². The van der Waals surface area contributed by atoms with Crippen LogP contribution in [0.3, 0.4) is 0 Å². The summed E-state index contributed by atoms with van der Waals surface area (Å²) >= 11 is 0. The highest BCUT2D eigenvalue weighted by Gasteiger charge is 2.08. The van der Waals surface area contributed by atoms with E-state index in [0.717, 1.165) is 24.8 Å². The number of allylic oxidation sites excluding steroid dienone is 2. The number of nitrogens with zero attached hydrogens (tertiary/aromatic N) is 5. The molecule has 0 saturated heterocycles. The van der Waals surface area contributed by atoms with E-state index < -0.39 is 0 Å². The smallest absolute Gasteiger partial charge is 0.263 e. The number of amides is 1. The first kappa shape index (κ1) is 19.5. The Labute approximate surface area is 154 Å². The number of carbonyl (C=O) groups is 1. The number of benzene rings is 1. The quantitative estimate of drug-likeness (QED) is 0.426. The van der Waals surface area contributed by atoms with Crippen LogP contribution in [-0.2, 0) is 11.3 Å². The largest absolute Gasteiger partial charge is 0.271 e. The normalized spacial score (nSPS) is 12.1. The maximum Gasteiger partial charge on any atom is 0.263 e. The second-order valence-electron chi connectivity index (χ2n) is 6.56. The van der Waals surface area contributed by atoms with Gasteiger partial charge in [-0.15, -0.1) is 10.2 Å². The molecule has 0 aliphatic heterocycles. The van der Waals surface area contributed by atoms with Crippen molar-refractivity contribution in [3.8, 4) is 11.4 Å². The summed E-state index contributed by atoms with van der Waals surface area (Å²) in [6, 6.07) is 9.51. The number of rotatable bonds is 9. The lowest BCUT2D eigenvalue weighted by Gasteiger charge is -2.05. The molecule has 1 aromatic heterocycles. The summed E-state index contributed by atoms with van der Waals surface area (Å²) in [7, 11) is 0. The maximum atomic E-state index is 11.9. The highest BCUT2D eigenvalue weighted by atomic mass is 16.2. The summed E-state index contributed by atoms with van der Waals surface area (Å²) in [5.74, 6) is 0.735. The molecular formula is C19H26N6O. The highest BCUT2D eigenvalue weighted by molar-refractivity contribution is 5.76. The molecule has 7 heteroatoms. The van der Waals surface area contributed by atoms with E-state index in [-0.39, 0.29) is 12.5 Å². The third kappa shape index (κ3) is 6.96. The predicted octanol–water partition coefficient (Wildman–Crippen LogP) is 3.21. The molecule has 0 spiro atoms. The van der Waals surface area contributed by atoms with Gasteiger partial charge in [-0.2, -0.15) is 9.90 Å². The SMILES string of the molecule is CC(C)=CCC[C@@H](C)C/C=N\NC(=O)Cn1nnc(-c2ccccc2)n1. The molecule has 1 N–H and O–H groups in total. The van der Waals surface area contributed by atoms with Gasteiger partial charge in [-0.3, -0.25) is 4.79 Å². The molecule has 1 amide bonds. The Morgan fingerprint density at radius 3 is 2.81 bits per heavy atom. The molecule has 0 saturated carbocycles. The van der Waals surface area contributed by atoms with Crippen molar-refractivity contribution < 1.29 is 4.79 Å². The van der Waals surface area contributed by atoms with Crippen molar-refractivity contribution in [1.82, 2.24) is 25.6 Å². The summed E-state index contributed by atoms with van der Waals surface area (Å²) in [5.41, 5.74) is 4.70. The van der Waals surface area contributed by atoms with Crippen LogP contribution in [0.1, 0.15) is 40.0 Å².